The quantitative estimate of drug-likeness (QED) is 0.797. The maximum atomic E-state index is 5.69. The minimum absolute atomic E-state index is 0. The van der Waals surface area contributed by atoms with Gasteiger partial charge >= 0.3 is 0 Å². The van der Waals surface area contributed by atoms with Gasteiger partial charge in [0.1, 0.15) is 5.75 Å². The Balaban J connectivity index is 0.00000112. The normalized spacial score (nSPS) is 20.1. The fourth-order valence-electron chi connectivity index (χ4n) is 1.98. The van der Waals surface area contributed by atoms with Gasteiger partial charge in [-0.25, -0.2) is 0 Å². The van der Waals surface area contributed by atoms with Gasteiger partial charge in [-0.3, -0.25) is 0 Å². The molecule has 0 N–H and O–H groups in total. The molecule has 0 saturated heterocycles. The summed E-state index contributed by atoms with van der Waals surface area (Å²) < 4.78 is 5.69. The summed E-state index contributed by atoms with van der Waals surface area (Å²) in [6.07, 6.45) is 2.44. The van der Waals surface area contributed by atoms with E-state index in [-0.39, 0.29) is 12.4 Å². The predicted molar refractivity (Wildman–Crippen MR) is 67.6 cm³/mol. The minimum atomic E-state index is 0. The summed E-state index contributed by atoms with van der Waals surface area (Å²) >= 11 is 1.84. The maximum Gasteiger partial charge on any atom is 0.133 e. The van der Waals surface area contributed by atoms with Gasteiger partial charge in [0, 0.05) is 12.5 Å². The fraction of sp³-hybridized carbons (Fsp3) is 0.636. The van der Waals surface area contributed by atoms with Gasteiger partial charge in [-0.1, -0.05) is 0 Å². The van der Waals surface area contributed by atoms with Crippen molar-refractivity contribution in [2.45, 2.75) is 18.8 Å². The van der Waals surface area contributed by atoms with Crippen LogP contribution in [0.25, 0.3) is 0 Å². The Morgan fingerprint density at radius 2 is 2.33 bits per heavy atom. The summed E-state index contributed by atoms with van der Waals surface area (Å²) in [5.74, 6) is 1.79. The Kier molecular flexibility index (Phi) is 4.90. The van der Waals surface area contributed by atoms with Crippen molar-refractivity contribution in [2.75, 3.05) is 27.2 Å². The van der Waals surface area contributed by atoms with E-state index in [0.29, 0.717) is 5.92 Å². The second kappa shape index (κ2) is 5.73. The third-order valence-corrected chi connectivity index (χ3v) is 3.63. The molecule has 86 valence electrons. The molecule has 1 aliphatic rings. The third kappa shape index (κ3) is 3.10. The van der Waals surface area contributed by atoms with Crippen molar-refractivity contribution in [3.8, 4) is 5.75 Å². The zero-order valence-electron chi connectivity index (χ0n) is 9.23. The summed E-state index contributed by atoms with van der Waals surface area (Å²) in [7, 11) is 4.28. The molecular formula is C11H18ClNOS. The fourth-order valence-corrected chi connectivity index (χ4v) is 2.95. The van der Waals surface area contributed by atoms with Crippen molar-refractivity contribution in [1.29, 1.82) is 0 Å². The summed E-state index contributed by atoms with van der Waals surface area (Å²) in [6, 6.07) is 2.11. The van der Waals surface area contributed by atoms with Gasteiger partial charge in [-0.05, 0) is 38.4 Å². The molecule has 1 aliphatic heterocycles. The molecule has 1 aromatic rings. The lowest BCUT2D eigenvalue weighted by Gasteiger charge is -2.18. The molecular weight excluding hydrogens is 230 g/mol. The Labute approximate surface area is 102 Å². The molecule has 0 spiro atoms. The minimum Gasteiger partial charge on any atom is -0.492 e. The first-order valence-electron chi connectivity index (χ1n) is 5.12. The van der Waals surface area contributed by atoms with E-state index in [4.69, 9.17) is 4.74 Å². The zero-order valence-corrected chi connectivity index (χ0v) is 10.9. The second-order valence-electron chi connectivity index (χ2n) is 4.10. The lowest BCUT2D eigenvalue weighted by Crippen LogP contribution is -2.19. The van der Waals surface area contributed by atoms with Crippen LogP contribution in [-0.4, -0.2) is 32.1 Å². The van der Waals surface area contributed by atoms with Crippen LogP contribution in [0.5, 0.6) is 5.75 Å². The summed E-state index contributed by atoms with van der Waals surface area (Å²) in [5.41, 5.74) is 0. The van der Waals surface area contributed by atoms with E-state index in [1.54, 1.807) is 0 Å². The first-order chi connectivity index (χ1) is 6.77. The highest BCUT2D eigenvalue weighted by Gasteiger charge is 2.21. The molecule has 0 radical (unpaired) electrons. The Morgan fingerprint density at radius 1 is 1.53 bits per heavy atom. The van der Waals surface area contributed by atoms with Crippen molar-refractivity contribution < 1.29 is 4.74 Å². The molecule has 2 rings (SSSR count). The molecule has 1 unspecified atom stereocenters. The predicted octanol–water partition coefficient (Wildman–Crippen LogP) is 2.99. The van der Waals surface area contributed by atoms with E-state index in [9.17, 15) is 0 Å². The van der Waals surface area contributed by atoms with Gasteiger partial charge in [-0.2, -0.15) is 0 Å². The molecule has 2 nitrogen and oxygen atoms in total. The van der Waals surface area contributed by atoms with Crippen LogP contribution in [0.2, 0.25) is 0 Å². The monoisotopic (exact) mass is 247 g/mol. The number of hydrogen-bond donors (Lipinski definition) is 0. The van der Waals surface area contributed by atoms with Crippen LogP contribution in [0.15, 0.2) is 11.4 Å². The number of nitrogens with zero attached hydrogens (tertiary/aromatic N) is 1. The number of rotatable bonds is 2. The van der Waals surface area contributed by atoms with E-state index < -0.39 is 0 Å². The van der Waals surface area contributed by atoms with Crippen LogP contribution in [0.1, 0.15) is 23.6 Å². The molecule has 1 aromatic heterocycles. The summed E-state index contributed by atoms with van der Waals surface area (Å²) in [4.78, 5) is 3.70. The molecule has 1 atom stereocenters. The van der Waals surface area contributed by atoms with Crippen molar-refractivity contribution >= 4 is 23.7 Å². The van der Waals surface area contributed by atoms with Crippen molar-refractivity contribution in [3.63, 3.8) is 0 Å². The van der Waals surface area contributed by atoms with E-state index in [2.05, 4.69) is 30.4 Å². The van der Waals surface area contributed by atoms with Gasteiger partial charge in [0.05, 0.1) is 11.5 Å². The number of likely N-dealkylation sites (N-methyl/N-ethyl adjacent to an activating group) is 1. The molecule has 15 heavy (non-hydrogen) atoms. The lowest BCUT2D eigenvalue weighted by molar-refractivity contribution is 0.313. The first-order valence-corrected chi connectivity index (χ1v) is 6.00. The smallest absolute Gasteiger partial charge is 0.133 e. The molecule has 0 saturated carbocycles. The summed E-state index contributed by atoms with van der Waals surface area (Å²) in [5, 5.41) is 2.14. The molecule has 0 aromatic carbocycles. The topological polar surface area (TPSA) is 12.5 Å². The molecule has 4 heteroatoms. The van der Waals surface area contributed by atoms with Crippen LogP contribution in [0.3, 0.4) is 0 Å². The highest BCUT2D eigenvalue weighted by molar-refractivity contribution is 7.10. The largest absolute Gasteiger partial charge is 0.492 e. The average Bonchev–Trinajstić information content (AvgIpc) is 2.51. The van der Waals surface area contributed by atoms with Crippen LogP contribution in [0, 0.1) is 0 Å². The number of ether oxygens (including phenoxy) is 1. The highest BCUT2D eigenvalue weighted by Crippen LogP contribution is 2.37. The Hall–Kier alpha value is -0.250. The van der Waals surface area contributed by atoms with Crippen LogP contribution in [-0.2, 0) is 0 Å². The Morgan fingerprint density at radius 3 is 3.07 bits per heavy atom. The van der Waals surface area contributed by atoms with Gasteiger partial charge < -0.3 is 9.64 Å². The van der Waals surface area contributed by atoms with E-state index in [0.717, 1.165) is 18.9 Å². The van der Waals surface area contributed by atoms with Crippen molar-refractivity contribution in [3.05, 3.63) is 16.3 Å². The van der Waals surface area contributed by atoms with Gasteiger partial charge in [-0.15, -0.1) is 23.7 Å². The van der Waals surface area contributed by atoms with Gasteiger partial charge in [0.25, 0.3) is 0 Å². The van der Waals surface area contributed by atoms with Gasteiger partial charge in [0.2, 0.25) is 0 Å². The molecule has 0 fully saturated rings. The van der Waals surface area contributed by atoms with Gasteiger partial charge in [0.15, 0.2) is 0 Å². The maximum absolute atomic E-state index is 5.69. The highest BCUT2D eigenvalue weighted by atomic mass is 35.5. The number of thiophene rings is 1. The van der Waals surface area contributed by atoms with Crippen LogP contribution < -0.4 is 4.74 Å². The Bertz CT molecular complexity index is 301. The molecule has 0 bridgehead atoms. The van der Waals surface area contributed by atoms with Crippen LogP contribution >= 0.6 is 23.7 Å². The van der Waals surface area contributed by atoms with Crippen molar-refractivity contribution in [2.24, 2.45) is 0 Å². The lowest BCUT2D eigenvalue weighted by atomic mass is 10.0. The summed E-state index contributed by atoms with van der Waals surface area (Å²) in [6.45, 7) is 2.02. The molecule has 2 heterocycles. The SMILES string of the molecule is CN(C)CC1CCCOc2ccsc21.Cl. The number of halogens is 1. The molecule has 0 amide bonds. The molecule has 0 aliphatic carbocycles. The second-order valence-corrected chi connectivity index (χ2v) is 5.05. The average molecular weight is 248 g/mol. The first kappa shape index (κ1) is 12.8. The van der Waals surface area contributed by atoms with E-state index >= 15 is 0 Å². The number of fused-ring (bicyclic) bond motifs is 1. The number of hydrogen-bond acceptors (Lipinski definition) is 3. The van der Waals surface area contributed by atoms with E-state index in [1.165, 1.54) is 17.7 Å². The standard InChI is InChI=1S/C11H17NOS.ClH/c1-12(2)8-9-4-3-6-13-10-5-7-14-11(9)10;/h5,7,9H,3-4,6,8H2,1-2H3;1H. The van der Waals surface area contributed by atoms with Crippen LogP contribution in [0.4, 0.5) is 0 Å². The third-order valence-electron chi connectivity index (χ3n) is 2.57. The van der Waals surface area contributed by atoms with Crippen molar-refractivity contribution in [1.82, 2.24) is 4.90 Å². The van der Waals surface area contributed by atoms with E-state index in [1.807, 2.05) is 11.3 Å². The zero-order chi connectivity index (χ0) is 9.97.